The number of aliphatic hydroxyl groups excluding tert-OH is 1. The van der Waals surface area contributed by atoms with Crippen LogP contribution >= 0.6 is 11.6 Å². The van der Waals surface area contributed by atoms with Crippen molar-refractivity contribution in [3.05, 3.63) is 29.1 Å². The Kier molecular flexibility index (Phi) is 4.24. The van der Waals surface area contributed by atoms with E-state index in [4.69, 9.17) is 11.6 Å². The highest BCUT2D eigenvalue weighted by atomic mass is 35.5. The van der Waals surface area contributed by atoms with E-state index in [9.17, 15) is 5.11 Å². The van der Waals surface area contributed by atoms with E-state index in [1.807, 2.05) is 4.68 Å². The first-order chi connectivity index (χ1) is 8.24. The summed E-state index contributed by atoms with van der Waals surface area (Å²) in [5, 5.41) is 15.3. The number of aryl methyl sites for hydroxylation is 1. The molecule has 1 N–H and O–H groups in total. The topological polar surface area (TPSA) is 38.0 Å². The van der Waals surface area contributed by atoms with Crippen LogP contribution in [0, 0.1) is 5.92 Å². The summed E-state index contributed by atoms with van der Waals surface area (Å²) in [7, 11) is 0. The van der Waals surface area contributed by atoms with Crippen molar-refractivity contribution in [2.24, 2.45) is 5.92 Å². The van der Waals surface area contributed by atoms with Gasteiger partial charge in [-0.25, -0.2) is 0 Å². The summed E-state index contributed by atoms with van der Waals surface area (Å²) in [6.45, 7) is 2.90. The average Bonchev–Trinajstić information content (AvgIpc) is 2.71. The molecule has 0 saturated heterocycles. The molecular formula is C13H19ClN2O. The maximum atomic E-state index is 10.4. The van der Waals surface area contributed by atoms with Gasteiger partial charge in [0.05, 0.1) is 16.9 Å². The summed E-state index contributed by atoms with van der Waals surface area (Å²) in [4.78, 5) is 0. The highest BCUT2D eigenvalue weighted by molar-refractivity contribution is 6.31. The van der Waals surface area contributed by atoms with Gasteiger partial charge in [-0.2, -0.15) is 5.10 Å². The summed E-state index contributed by atoms with van der Waals surface area (Å²) in [6.07, 6.45) is 9.43. The number of nitrogens with zero attached hydrogens (tertiary/aromatic N) is 2. The monoisotopic (exact) mass is 254 g/mol. The Balaban J connectivity index is 2.19. The fraction of sp³-hybridized carbons (Fsp3) is 0.615. The lowest BCUT2D eigenvalue weighted by Gasteiger charge is -2.24. The lowest BCUT2D eigenvalue weighted by atomic mass is 9.88. The fourth-order valence-corrected chi connectivity index (χ4v) is 2.64. The minimum atomic E-state index is -0.499. The molecule has 0 aromatic carbocycles. The molecule has 0 saturated carbocycles. The summed E-state index contributed by atoms with van der Waals surface area (Å²) in [6, 6.07) is 0. The summed E-state index contributed by atoms with van der Waals surface area (Å²) >= 11 is 6.13. The molecule has 0 fully saturated rings. The predicted molar refractivity (Wildman–Crippen MR) is 69.0 cm³/mol. The van der Waals surface area contributed by atoms with Crippen molar-refractivity contribution < 1.29 is 5.11 Å². The molecule has 2 atom stereocenters. The van der Waals surface area contributed by atoms with Crippen LogP contribution in [0.3, 0.4) is 0 Å². The first kappa shape index (κ1) is 12.7. The molecule has 0 amide bonds. The van der Waals surface area contributed by atoms with Crippen LogP contribution in [0.5, 0.6) is 0 Å². The van der Waals surface area contributed by atoms with Gasteiger partial charge >= 0.3 is 0 Å². The Bertz CT molecular complexity index is 400. The Morgan fingerprint density at radius 3 is 3.06 bits per heavy atom. The maximum absolute atomic E-state index is 10.4. The van der Waals surface area contributed by atoms with E-state index in [-0.39, 0.29) is 5.92 Å². The standard InChI is InChI=1S/C13H19ClN2O/c1-2-8-16-12(11(14)9-15-16)13(17)10-6-4-3-5-7-10/h3-4,9-10,13,17H,2,5-8H2,1H3. The Morgan fingerprint density at radius 2 is 2.41 bits per heavy atom. The molecule has 2 rings (SSSR count). The van der Waals surface area contributed by atoms with Crippen molar-refractivity contribution in [2.45, 2.75) is 45.3 Å². The Hall–Kier alpha value is -0.800. The zero-order chi connectivity index (χ0) is 12.3. The fourth-order valence-electron chi connectivity index (χ4n) is 2.38. The van der Waals surface area contributed by atoms with E-state index in [1.54, 1.807) is 6.20 Å². The van der Waals surface area contributed by atoms with Crippen LogP contribution in [0.25, 0.3) is 0 Å². The average molecular weight is 255 g/mol. The molecule has 1 aromatic rings. The minimum Gasteiger partial charge on any atom is -0.386 e. The predicted octanol–water partition coefficient (Wildman–Crippen LogP) is 3.34. The van der Waals surface area contributed by atoms with Crippen molar-refractivity contribution >= 4 is 11.6 Å². The van der Waals surface area contributed by atoms with Gasteiger partial charge in [0.1, 0.15) is 6.10 Å². The molecule has 1 aliphatic rings. The second kappa shape index (κ2) is 5.69. The van der Waals surface area contributed by atoms with E-state index in [2.05, 4.69) is 24.2 Å². The van der Waals surface area contributed by atoms with Crippen LogP contribution < -0.4 is 0 Å². The van der Waals surface area contributed by atoms with Crippen molar-refractivity contribution in [3.8, 4) is 0 Å². The molecule has 4 heteroatoms. The third kappa shape index (κ3) is 2.72. The SMILES string of the molecule is CCCn1ncc(Cl)c1C(O)C1CC=CCC1. The van der Waals surface area contributed by atoms with Gasteiger partial charge < -0.3 is 5.11 Å². The number of allylic oxidation sites excluding steroid dienone is 2. The zero-order valence-electron chi connectivity index (χ0n) is 10.1. The van der Waals surface area contributed by atoms with Crippen molar-refractivity contribution in [1.29, 1.82) is 0 Å². The second-order valence-electron chi connectivity index (χ2n) is 4.59. The molecule has 1 aromatic heterocycles. The van der Waals surface area contributed by atoms with Crippen LogP contribution in [0.15, 0.2) is 18.3 Å². The van der Waals surface area contributed by atoms with Gasteiger partial charge in [0.15, 0.2) is 0 Å². The van der Waals surface area contributed by atoms with Gasteiger partial charge in [-0.05, 0) is 31.6 Å². The van der Waals surface area contributed by atoms with Crippen LogP contribution in [-0.4, -0.2) is 14.9 Å². The lowest BCUT2D eigenvalue weighted by molar-refractivity contribution is 0.0934. The van der Waals surface area contributed by atoms with Gasteiger partial charge in [0, 0.05) is 6.54 Å². The molecular weight excluding hydrogens is 236 g/mol. The normalized spacial score (nSPS) is 21.7. The van der Waals surface area contributed by atoms with E-state index >= 15 is 0 Å². The molecule has 17 heavy (non-hydrogen) atoms. The molecule has 3 nitrogen and oxygen atoms in total. The Morgan fingerprint density at radius 1 is 1.59 bits per heavy atom. The molecule has 0 radical (unpaired) electrons. The van der Waals surface area contributed by atoms with E-state index in [1.165, 1.54) is 0 Å². The zero-order valence-corrected chi connectivity index (χ0v) is 10.9. The smallest absolute Gasteiger partial charge is 0.100 e. The van der Waals surface area contributed by atoms with E-state index in [0.29, 0.717) is 5.02 Å². The van der Waals surface area contributed by atoms with Gasteiger partial charge in [0.25, 0.3) is 0 Å². The molecule has 94 valence electrons. The van der Waals surface area contributed by atoms with Gasteiger partial charge in [-0.15, -0.1) is 0 Å². The number of rotatable bonds is 4. The largest absolute Gasteiger partial charge is 0.386 e. The number of halogens is 1. The highest BCUT2D eigenvalue weighted by Crippen LogP contribution is 2.34. The molecule has 1 aliphatic carbocycles. The van der Waals surface area contributed by atoms with Crippen molar-refractivity contribution in [2.75, 3.05) is 0 Å². The van der Waals surface area contributed by atoms with Gasteiger partial charge in [-0.1, -0.05) is 30.7 Å². The van der Waals surface area contributed by atoms with Crippen LogP contribution in [0.4, 0.5) is 0 Å². The van der Waals surface area contributed by atoms with Gasteiger partial charge in [0.2, 0.25) is 0 Å². The van der Waals surface area contributed by atoms with Crippen LogP contribution in [0.1, 0.15) is 44.4 Å². The number of aromatic nitrogens is 2. The first-order valence-corrected chi connectivity index (χ1v) is 6.66. The minimum absolute atomic E-state index is 0.268. The first-order valence-electron chi connectivity index (χ1n) is 6.28. The van der Waals surface area contributed by atoms with Crippen LogP contribution in [-0.2, 0) is 6.54 Å². The second-order valence-corrected chi connectivity index (χ2v) is 5.00. The number of hydrogen-bond donors (Lipinski definition) is 1. The van der Waals surface area contributed by atoms with Crippen molar-refractivity contribution in [1.82, 2.24) is 9.78 Å². The van der Waals surface area contributed by atoms with Crippen molar-refractivity contribution in [3.63, 3.8) is 0 Å². The number of aliphatic hydroxyl groups is 1. The lowest BCUT2D eigenvalue weighted by Crippen LogP contribution is -2.18. The number of hydrogen-bond acceptors (Lipinski definition) is 2. The Labute approximate surface area is 107 Å². The van der Waals surface area contributed by atoms with E-state index < -0.39 is 6.10 Å². The molecule has 0 bridgehead atoms. The third-order valence-corrected chi connectivity index (χ3v) is 3.60. The van der Waals surface area contributed by atoms with E-state index in [0.717, 1.165) is 37.9 Å². The van der Waals surface area contributed by atoms with Crippen LogP contribution in [0.2, 0.25) is 5.02 Å². The molecule has 0 aliphatic heterocycles. The maximum Gasteiger partial charge on any atom is 0.100 e. The quantitative estimate of drug-likeness (QED) is 0.837. The highest BCUT2D eigenvalue weighted by Gasteiger charge is 2.26. The van der Waals surface area contributed by atoms with Gasteiger partial charge in [-0.3, -0.25) is 4.68 Å². The summed E-state index contributed by atoms with van der Waals surface area (Å²) in [5.41, 5.74) is 0.786. The molecule has 2 unspecified atom stereocenters. The summed E-state index contributed by atoms with van der Waals surface area (Å²) < 4.78 is 1.84. The molecule has 1 heterocycles. The molecule has 0 spiro atoms. The third-order valence-electron chi connectivity index (χ3n) is 3.30. The summed E-state index contributed by atoms with van der Waals surface area (Å²) in [5.74, 6) is 0.268.